The molecule has 2 aromatic rings. The summed E-state index contributed by atoms with van der Waals surface area (Å²) in [4.78, 5) is 13.2. The Bertz CT molecular complexity index is 628. The van der Waals surface area contributed by atoms with E-state index < -0.39 is 0 Å². The number of carbonyl (C=O) groups is 1. The number of nitrogens with zero attached hydrogens (tertiary/aromatic N) is 1. The van der Waals surface area contributed by atoms with Gasteiger partial charge in [-0.3, -0.25) is 4.79 Å². The molecule has 1 saturated heterocycles. The highest BCUT2D eigenvalue weighted by atomic mass is 16.5. The minimum Gasteiger partial charge on any atom is -0.378 e. The second-order valence-electron chi connectivity index (χ2n) is 5.34. The van der Waals surface area contributed by atoms with Crippen LogP contribution in [-0.4, -0.2) is 32.6 Å². The molecule has 0 saturated carbocycles. The molecule has 3 rings (SSSR count). The lowest BCUT2D eigenvalue weighted by Gasteiger charge is -2.29. The smallest absolute Gasteiger partial charge is 0.150 e. The van der Waals surface area contributed by atoms with Crippen molar-refractivity contribution in [3.8, 4) is 11.1 Å². The minimum atomic E-state index is 0.723. The van der Waals surface area contributed by atoms with Gasteiger partial charge in [0.15, 0.2) is 0 Å². The van der Waals surface area contributed by atoms with Crippen molar-refractivity contribution in [1.29, 1.82) is 0 Å². The Kier molecular flexibility index (Phi) is 4.02. The van der Waals surface area contributed by atoms with Gasteiger partial charge in [0.2, 0.25) is 0 Å². The van der Waals surface area contributed by atoms with E-state index in [0.29, 0.717) is 0 Å². The lowest BCUT2D eigenvalue weighted by Crippen LogP contribution is -2.36. The zero-order valence-electron chi connectivity index (χ0n) is 12.2. The average molecular weight is 281 g/mol. The van der Waals surface area contributed by atoms with Crippen LogP contribution in [0.5, 0.6) is 0 Å². The summed E-state index contributed by atoms with van der Waals surface area (Å²) in [5, 5.41) is 0. The highest BCUT2D eigenvalue weighted by Crippen LogP contribution is 2.26. The van der Waals surface area contributed by atoms with Crippen molar-refractivity contribution in [2.45, 2.75) is 6.92 Å². The van der Waals surface area contributed by atoms with Gasteiger partial charge in [0.1, 0.15) is 6.29 Å². The number of aryl methyl sites for hydroxylation is 1. The monoisotopic (exact) mass is 281 g/mol. The summed E-state index contributed by atoms with van der Waals surface area (Å²) in [6.07, 6.45) is 0.887. The molecular formula is C18H19NO2. The standard InChI is InChI=1S/C18H19NO2/c1-14-12-15(13-20)2-7-18(14)16-3-5-17(6-4-16)19-8-10-21-11-9-19/h2-7,12-13H,8-11H2,1H3. The molecule has 0 radical (unpaired) electrons. The summed E-state index contributed by atoms with van der Waals surface area (Å²) < 4.78 is 5.38. The van der Waals surface area contributed by atoms with Crippen LogP contribution in [0.4, 0.5) is 5.69 Å². The highest BCUT2D eigenvalue weighted by Gasteiger charge is 2.11. The summed E-state index contributed by atoms with van der Waals surface area (Å²) in [5.41, 5.74) is 5.44. The summed E-state index contributed by atoms with van der Waals surface area (Å²) in [5.74, 6) is 0. The number of ether oxygens (including phenoxy) is 1. The van der Waals surface area contributed by atoms with Crippen molar-refractivity contribution in [2.75, 3.05) is 31.2 Å². The maximum Gasteiger partial charge on any atom is 0.150 e. The van der Waals surface area contributed by atoms with Crippen LogP contribution in [0.2, 0.25) is 0 Å². The van der Waals surface area contributed by atoms with E-state index in [2.05, 4.69) is 29.2 Å². The fourth-order valence-electron chi connectivity index (χ4n) is 2.76. The van der Waals surface area contributed by atoms with E-state index in [1.807, 2.05) is 25.1 Å². The van der Waals surface area contributed by atoms with E-state index in [1.165, 1.54) is 16.8 Å². The largest absolute Gasteiger partial charge is 0.378 e. The number of aldehydes is 1. The Hall–Kier alpha value is -2.13. The summed E-state index contributed by atoms with van der Waals surface area (Å²) in [7, 11) is 0. The molecular weight excluding hydrogens is 262 g/mol. The van der Waals surface area contributed by atoms with Gasteiger partial charge in [0.05, 0.1) is 13.2 Å². The molecule has 0 atom stereocenters. The topological polar surface area (TPSA) is 29.5 Å². The second kappa shape index (κ2) is 6.10. The van der Waals surface area contributed by atoms with Crippen LogP contribution in [-0.2, 0) is 4.74 Å². The quantitative estimate of drug-likeness (QED) is 0.808. The summed E-state index contributed by atoms with van der Waals surface area (Å²) >= 11 is 0. The molecule has 0 aliphatic carbocycles. The Labute approximate surface area is 125 Å². The van der Waals surface area contributed by atoms with E-state index in [-0.39, 0.29) is 0 Å². The Morgan fingerprint density at radius 2 is 1.76 bits per heavy atom. The maximum absolute atomic E-state index is 10.8. The lowest BCUT2D eigenvalue weighted by molar-refractivity contribution is 0.112. The number of morpholine rings is 1. The molecule has 1 aliphatic heterocycles. The molecule has 2 aromatic carbocycles. The number of carbonyl (C=O) groups excluding carboxylic acids is 1. The zero-order chi connectivity index (χ0) is 14.7. The van der Waals surface area contributed by atoms with Gasteiger partial charge in [-0.25, -0.2) is 0 Å². The molecule has 0 unspecified atom stereocenters. The van der Waals surface area contributed by atoms with Gasteiger partial charge >= 0.3 is 0 Å². The average Bonchev–Trinajstić information content (AvgIpc) is 2.56. The van der Waals surface area contributed by atoms with E-state index in [0.717, 1.165) is 43.7 Å². The second-order valence-corrected chi connectivity index (χ2v) is 5.34. The lowest BCUT2D eigenvalue weighted by atomic mass is 9.98. The first kappa shape index (κ1) is 13.8. The third-order valence-electron chi connectivity index (χ3n) is 3.94. The van der Waals surface area contributed by atoms with Crippen LogP contribution in [0.1, 0.15) is 15.9 Å². The maximum atomic E-state index is 10.8. The Morgan fingerprint density at radius 1 is 1.05 bits per heavy atom. The number of anilines is 1. The van der Waals surface area contributed by atoms with Gasteiger partial charge in [-0.05, 0) is 41.8 Å². The molecule has 108 valence electrons. The van der Waals surface area contributed by atoms with E-state index in [1.54, 1.807) is 0 Å². The van der Waals surface area contributed by atoms with Crippen LogP contribution in [0, 0.1) is 6.92 Å². The number of benzene rings is 2. The van der Waals surface area contributed by atoms with Crippen molar-refractivity contribution < 1.29 is 9.53 Å². The van der Waals surface area contributed by atoms with Crippen molar-refractivity contribution in [3.63, 3.8) is 0 Å². The summed E-state index contributed by atoms with van der Waals surface area (Å²) in [6.45, 7) is 5.54. The molecule has 1 fully saturated rings. The number of hydrogen-bond acceptors (Lipinski definition) is 3. The highest BCUT2D eigenvalue weighted by molar-refractivity contribution is 5.79. The van der Waals surface area contributed by atoms with Gasteiger partial charge in [0, 0.05) is 24.3 Å². The molecule has 0 N–H and O–H groups in total. The van der Waals surface area contributed by atoms with Crippen molar-refractivity contribution in [2.24, 2.45) is 0 Å². The van der Waals surface area contributed by atoms with Gasteiger partial charge in [-0.1, -0.05) is 24.3 Å². The molecule has 0 amide bonds. The Balaban J connectivity index is 1.85. The van der Waals surface area contributed by atoms with Gasteiger partial charge in [-0.2, -0.15) is 0 Å². The molecule has 1 heterocycles. The van der Waals surface area contributed by atoms with Crippen LogP contribution >= 0.6 is 0 Å². The molecule has 1 aliphatic rings. The van der Waals surface area contributed by atoms with Crippen LogP contribution in [0.15, 0.2) is 42.5 Å². The first-order chi connectivity index (χ1) is 10.3. The van der Waals surface area contributed by atoms with E-state index >= 15 is 0 Å². The third kappa shape index (κ3) is 2.98. The normalized spacial score (nSPS) is 15.0. The molecule has 21 heavy (non-hydrogen) atoms. The van der Waals surface area contributed by atoms with Crippen molar-refractivity contribution >= 4 is 12.0 Å². The SMILES string of the molecule is Cc1cc(C=O)ccc1-c1ccc(N2CCOCC2)cc1. The van der Waals surface area contributed by atoms with E-state index in [9.17, 15) is 4.79 Å². The zero-order valence-corrected chi connectivity index (χ0v) is 12.2. The molecule has 0 bridgehead atoms. The van der Waals surface area contributed by atoms with E-state index in [4.69, 9.17) is 4.74 Å². The molecule has 3 heteroatoms. The first-order valence-electron chi connectivity index (χ1n) is 7.27. The van der Waals surface area contributed by atoms with Gasteiger partial charge in [0.25, 0.3) is 0 Å². The predicted molar refractivity (Wildman–Crippen MR) is 85.0 cm³/mol. The fourth-order valence-corrected chi connectivity index (χ4v) is 2.76. The minimum absolute atomic E-state index is 0.723. The van der Waals surface area contributed by atoms with Crippen LogP contribution in [0.3, 0.4) is 0 Å². The molecule has 0 spiro atoms. The van der Waals surface area contributed by atoms with Crippen molar-refractivity contribution in [1.82, 2.24) is 0 Å². The molecule has 0 aromatic heterocycles. The van der Waals surface area contributed by atoms with Crippen LogP contribution in [0.25, 0.3) is 11.1 Å². The predicted octanol–water partition coefficient (Wildman–Crippen LogP) is 3.31. The Morgan fingerprint density at radius 3 is 2.38 bits per heavy atom. The van der Waals surface area contributed by atoms with Crippen molar-refractivity contribution in [3.05, 3.63) is 53.6 Å². The first-order valence-corrected chi connectivity index (χ1v) is 7.27. The summed E-state index contributed by atoms with van der Waals surface area (Å²) in [6, 6.07) is 14.4. The number of rotatable bonds is 3. The fraction of sp³-hybridized carbons (Fsp3) is 0.278. The van der Waals surface area contributed by atoms with Gasteiger partial charge < -0.3 is 9.64 Å². The van der Waals surface area contributed by atoms with Gasteiger partial charge in [-0.15, -0.1) is 0 Å². The number of hydrogen-bond donors (Lipinski definition) is 0. The third-order valence-corrected chi connectivity index (χ3v) is 3.94. The van der Waals surface area contributed by atoms with Crippen LogP contribution < -0.4 is 4.90 Å². The molecule has 3 nitrogen and oxygen atoms in total.